The number of rotatable bonds is 9. The zero-order valence-electron chi connectivity index (χ0n) is 21.4. The van der Waals surface area contributed by atoms with Crippen LogP contribution in [-0.2, 0) is 34.1 Å². The van der Waals surface area contributed by atoms with Crippen LogP contribution in [0, 0.1) is 11.6 Å². The average Bonchev–Trinajstić information content (AvgIpc) is 2.77. The zero-order chi connectivity index (χ0) is 30.3. The number of hydrogen-bond donors (Lipinski definition) is 0. The minimum atomic E-state index is -6.07. The summed E-state index contributed by atoms with van der Waals surface area (Å²) in [6, 6.07) is 6.54. The second kappa shape index (κ2) is 10.9. The van der Waals surface area contributed by atoms with E-state index in [9.17, 15) is 43.6 Å². The Morgan fingerprint density at radius 1 is 1.02 bits per heavy atom. The van der Waals surface area contributed by atoms with Crippen molar-refractivity contribution in [3.8, 4) is 0 Å². The lowest BCUT2D eigenvalue weighted by Crippen LogP contribution is -2.49. The van der Waals surface area contributed by atoms with Crippen molar-refractivity contribution in [1.82, 2.24) is 4.31 Å². The van der Waals surface area contributed by atoms with Crippen molar-refractivity contribution in [1.29, 1.82) is 0 Å². The van der Waals surface area contributed by atoms with E-state index in [1.807, 2.05) is 0 Å². The summed E-state index contributed by atoms with van der Waals surface area (Å²) in [6.45, 7) is 3.83. The zero-order valence-corrected chi connectivity index (χ0v) is 23.8. The van der Waals surface area contributed by atoms with Crippen molar-refractivity contribution in [3.05, 3.63) is 76.5 Å². The van der Waals surface area contributed by atoms with E-state index in [0.29, 0.717) is 18.2 Å². The summed E-state index contributed by atoms with van der Waals surface area (Å²) < 4.78 is 125. The van der Waals surface area contributed by atoms with E-state index in [1.165, 1.54) is 12.1 Å². The Morgan fingerprint density at radius 2 is 1.60 bits per heavy atom. The SMILES string of the molecule is CC(C)(C)OC(=O)CCCN(C1=C[C@](c2cc(F)ccc2F)(S(=O)(=O)c2ccc(Cl)cc2)C1)S(=O)(=O)C(F)(F)F. The molecule has 0 spiro atoms. The van der Waals surface area contributed by atoms with E-state index >= 15 is 0 Å². The van der Waals surface area contributed by atoms with Crippen LogP contribution in [0.3, 0.4) is 0 Å². The van der Waals surface area contributed by atoms with Gasteiger partial charge in [-0.2, -0.15) is 21.6 Å². The van der Waals surface area contributed by atoms with Crippen molar-refractivity contribution < 1.29 is 48.3 Å². The van der Waals surface area contributed by atoms with Gasteiger partial charge in [-0.1, -0.05) is 11.6 Å². The Hall–Kier alpha value is -2.71. The second-order valence-electron chi connectivity index (χ2n) is 10.00. The Bertz CT molecular complexity index is 1530. The van der Waals surface area contributed by atoms with E-state index in [2.05, 4.69) is 0 Å². The van der Waals surface area contributed by atoms with Crippen LogP contribution in [0.1, 0.15) is 45.6 Å². The maximum absolute atomic E-state index is 14.9. The van der Waals surface area contributed by atoms with Crippen molar-refractivity contribution >= 4 is 37.4 Å². The molecule has 7 nitrogen and oxygen atoms in total. The van der Waals surface area contributed by atoms with Gasteiger partial charge in [-0.3, -0.25) is 9.10 Å². The largest absolute Gasteiger partial charge is 0.516 e. The fourth-order valence-corrected chi connectivity index (χ4v) is 7.27. The fraction of sp³-hybridized carbons (Fsp3) is 0.400. The van der Waals surface area contributed by atoms with E-state index in [0.717, 1.165) is 18.2 Å². The van der Waals surface area contributed by atoms with Crippen LogP contribution in [0.4, 0.5) is 22.0 Å². The number of benzene rings is 2. The van der Waals surface area contributed by atoms with Gasteiger partial charge in [0.2, 0.25) is 0 Å². The molecule has 2 aromatic rings. The third kappa shape index (κ3) is 6.28. The summed E-state index contributed by atoms with van der Waals surface area (Å²) >= 11 is 5.82. The first-order valence-corrected chi connectivity index (χ1v) is 15.0. The molecule has 0 bridgehead atoms. The molecule has 0 amide bonds. The average molecular weight is 630 g/mol. The maximum Gasteiger partial charge on any atom is 0.516 e. The van der Waals surface area contributed by atoms with Crippen LogP contribution in [0.25, 0.3) is 0 Å². The van der Waals surface area contributed by atoms with Gasteiger partial charge in [0.25, 0.3) is 0 Å². The monoisotopic (exact) mass is 629 g/mol. The van der Waals surface area contributed by atoms with Crippen LogP contribution in [0.2, 0.25) is 5.02 Å². The fourth-order valence-electron chi connectivity index (χ4n) is 4.11. The Morgan fingerprint density at radius 3 is 2.12 bits per heavy atom. The predicted molar refractivity (Wildman–Crippen MR) is 136 cm³/mol. The molecular formula is C25H25ClF5NO6S2. The first-order chi connectivity index (χ1) is 18.2. The van der Waals surface area contributed by atoms with Crippen molar-refractivity contribution in [3.63, 3.8) is 0 Å². The van der Waals surface area contributed by atoms with Gasteiger partial charge >= 0.3 is 21.5 Å². The number of carbonyl (C=O) groups excluding carboxylic acids is 1. The third-order valence-electron chi connectivity index (χ3n) is 5.90. The van der Waals surface area contributed by atoms with Gasteiger partial charge in [0.05, 0.1) is 4.90 Å². The molecular weight excluding hydrogens is 605 g/mol. The van der Waals surface area contributed by atoms with Gasteiger partial charge in [0.1, 0.15) is 22.0 Å². The lowest BCUT2D eigenvalue weighted by Gasteiger charge is -2.43. The number of esters is 1. The number of allylic oxidation sites excluding steroid dienone is 1. The molecule has 0 saturated carbocycles. The highest BCUT2D eigenvalue weighted by molar-refractivity contribution is 7.92. The molecule has 1 aliphatic carbocycles. The number of nitrogens with zero attached hydrogens (tertiary/aromatic N) is 1. The van der Waals surface area contributed by atoms with Crippen molar-refractivity contribution in [2.75, 3.05) is 6.54 Å². The molecule has 0 heterocycles. The molecule has 0 radical (unpaired) electrons. The van der Waals surface area contributed by atoms with Gasteiger partial charge in [-0.05, 0) is 75.7 Å². The van der Waals surface area contributed by atoms with Gasteiger partial charge in [0, 0.05) is 35.7 Å². The number of halogens is 6. The lowest BCUT2D eigenvalue weighted by atomic mass is 9.83. The smallest absolute Gasteiger partial charge is 0.460 e. The van der Waals surface area contributed by atoms with E-state index in [4.69, 9.17) is 16.3 Å². The number of carbonyl (C=O) groups is 1. The molecule has 0 aromatic heterocycles. The number of ether oxygens (including phenoxy) is 1. The summed E-state index contributed by atoms with van der Waals surface area (Å²) in [6.07, 6.45) is -1.14. The van der Waals surface area contributed by atoms with Gasteiger partial charge in [0.15, 0.2) is 9.84 Å². The highest BCUT2D eigenvalue weighted by Gasteiger charge is 2.58. The molecule has 0 aliphatic heterocycles. The van der Waals surface area contributed by atoms with Crippen LogP contribution in [0.5, 0.6) is 0 Å². The topological polar surface area (TPSA) is 97.8 Å². The molecule has 220 valence electrons. The normalized spacial score (nSPS) is 18.1. The first-order valence-electron chi connectivity index (χ1n) is 11.7. The van der Waals surface area contributed by atoms with Crippen LogP contribution in [0.15, 0.2) is 59.1 Å². The Labute approximate surface area is 233 Å². The Kier molecular flexibility index (Phi) is 8.70. The molecule has 0 N–H and O–H groups in total. The summed E-state index contributed by atoms with van der Waals surface area (Å²) in [7, 11) is -10.8. The van der Waals surface area contributed by atoms with Crippen molar-refractivity contribution in [2.24, 2.45) is 0 Å². The number of alkyl halides is 3. The summed E-state index contributed by atoms with van der Waals surface area (Å²) in [5, 5.41) is 0.155. The standard InChI is InChI=1S/C25H25ClF5NO6S2/c1-23(2,3)38-22(33)5-4-12-32(40(36,37)25(29,30)31)18-14-24(15-18,20-13-17(27)8-11-21(20)28)39(34,35)19-9-6-16(26)7-10-19/h6-11,13-14H,4-5,12,15H2,1-3H3/t24-/m0/s1. The molecule has 0 unspecified atom stereocenters. The molecule has 3 rings (SSSR count). The Balaban J connectivity index is 2.11. The van der Waals surface area contributed by atoms with Crippen LogP contribution in [-0.4, -0.2) is 44.8 Å². The molecule has 15 heteroatoms. The summed E-state index contributed by atoms with van der Waals surface area (Å²) in [5.74, 6) is -2.99. The molecule has 40 heavy (non-hydrogen) atoms. The minimum Gasteiger partial charge on any atom is -0.460 e. The van der Waals surface area contributed by atoms with Crippen LogP contribution >= 0.6 is 11.6 Å². The quantitative estimate of drug-likeness (QED) is 0.255. The van der Waals surface area contributed by atoms with Crippen molar-refractivity contribution in [2.45, 2.75) is 60.8 Å². The van der Waals surface area contributed by atoms with Crippen LogP contribution < -0.4 is 0 Å². The summed E-state index contributed by atoms with van der Waals surface area (Å²) in [5.41, 5.74) is -8.01. The number of sulfone groups is 1. The van der Waals surface area contributed by atoms with E-state index in [1.54, 1.807) is 20.8 Å². The lowest BCUT2D eigenvalue weighted by molar-refractivity contribution is -0.154. The highest BCUT2D eigenvalue weighted by Crippen LogP contribution is 2.52. The van der Waals surface area contributed by atoms with Gasteiger partial charge in [-0.15, -0.1) is 0 Å². The van der Waals surface area contributed by atoms with Gasteiger partial charge < -0.3 is 4.74 Å². The molecule has 1 atom stereocenters. The minimum absolute atomic E-state index is 0.0653. The molecule has 2 aromatic carbocycles. The second-order valence-corrected chi connectivity index (χ2v) is 14.5. The predicted octanol–water partition coefficient (Wildman–Crippen LogP) is 5.85. The number of sulfonamides is 1. The number of hydrogen-bond acceptors (Lipinski definition) is 6. The highest BCUT2D eigenvalue weighted by atomic mass is 35.5. The molecule has 0 saturated heterocycles. The van der Waals surface area contributed by atoms with E-state index in [-0.39, 0.29) is 9.33 Å². The van der Waals surface area contributed by atoms with Gasteiger partial charge in [-0.25, -0.2) is 17.2 Å². The molecule has 0 fully saturated rings. The molecule has 1 aliphatic rings. The first kappa shape index (κ1) is 31.8. The maximum atomic E-state index is 14.9. The summed E-state index contributed by atoms with van der Waals surface area (Å²) in [4.78, 5) is 11.6. The van der Waals surface area contributed by atoms with E-state index < -0.39 is 95.3 Å². The third-order valence-corrected chi connectivity index (χ3v) is 10.1.